The van der Waals surface area contributed by atoms with E-state index >= 15 is 0 Å². The molecular formula is C32H43N5O5. The van der Waals surface area contributed by atoms with Gasteiger partial charge in [0.15, 0.2) is 11.9 Å². The predicted molar refractivity (Wildman–Crippen MR) is 163 cm³/mol. The largest absolute Gasteiger partial charge is 0.438 e. The number of aliphatic imine (C=N–C) groups is 1. The number of aromatic nitrogens is 2. The first kappa shape index (κ1) is 32.4. The van der Waals surface area contributed by atoms with Crippen molar-refractivity contribution < 1.29 is 19.1 Å². The van der Waals surface area contributed by atoms with Crippen LogP contribution >= 0.6 is 0 Å². The number of amides is 2. The molecule has 2 aromatic heterocycles. The molecule has 3 rings (SSSR count). The summed E-state index contributed by atoms with van der Waals surface area (Å²) in [7, 11) is 6.36. The van der Waals surface area contributed by atoms with Crippen LogP contribution < -0.4 is 5.56 Å². The molecule has 1 atom stereocenters. The topological polar surface area (TPSA) is 114 Å². The summed E-state index contributed by atoms with van der Waals surface area (Å²) in [5, 5.41) is 0. The number of likely N-dealkylation sites (N-methyl/N-ethyl adjacent to an activating group) is 1. The van der Waals surface area contributed by atoms with Gasteiger partial charge < -0.3 is 19.1 Å². The van der Waals surface area contributed by atoms with E-state index in [0.29, 0.717) is 30.9 Å². The molecule has 0 fully saturated rings. The van der Waals surface area contributed by atoms with Gasteiger partial charge in [0.2, 0.25) is 5.91 Å². The average molecular weight is 578 g/mol. The zero-order valence-corrected chi connectivity index (χ0v) is 26.1. The highest BCUT2D eigenvalue weighted by molar-refractivity contribution is 5.95. The highest BCUT2D eigenvalue weighted by Gasteiger charge is 2.26. The summed E-state index contributed by atoms with van der Waals surface area (Å²) in [5.74, 6) is -0.114. The van der Waals surface area contributed by atoms with Crippen molar-refractivity contribution in [2.75, 3.05) is 28.2 Å². The molecule has 0 saturated carbocycles. The number of pyridine rings is 2. The van der Waals surface area contributed by atoms with Crippen molar-refractivity contribution in [1.29, 1.82) is 0 Å². The molecule has 0 radical (unpaired) electrons. The Morgan fingerprint density at radius 2 is 1.81 bits per heavy atom. The van der Waals surface area contributed by atoms with Gasteiger partial charge in [-0.05, 0) is 62.3 Å². The highest BCUT2D eigenvalue weighted by Crippen LogP contribution is 2.33. The first-order chi connectivity index (χ1) is 19.8. The summed E-state index contributed by atoms with van der Waals surface area (Å²) >= 11 is 0. The van der Waals surface area contributed by atoms with Crippen LogP contribution in [0.4, 0.5) is 10.5 Å². The Hall–Kier alpha value is -4.08. The van der Waals surface area contributed by atoms with Gasteiger partial charge in [-0.2, -0.15) is 0 Å². The van der Waals surface area contributed by atoms with Crippen molar-refractivity contribution in [2.24, 2.45) is 10.9 Å². The fraction of sp³-hybridized carbons (Fsp3) is 0.500. The van der Waals surface area contributed by atoms with Crippen molar-refractivity contribution >= 4 is 29.2 Å². The van der Waals surface area contributed by atoms with Crippen LogP contribution in [0.3, 0.4) is 0 Å². The van der Waals surface area contributed by atoms with E-state index in [1.54, 1.807) is 30.8 Å². The molecule has 0 aromatic carbocycles. The smallest absolute Gasteiger partial charge is 0.409 e. The number of aryl methyl sites for hydroxylation is 2. The van der Waals surface area contributed by atoms with E-state index in [1.165, 1.54) is 30.0 Å². The summed E-state index contributed by atoms with van der Waals surface area (Å²) < 4.78 is 7.11. The van der Waals surface area contributed by atoms with Crippen molar-refractivity contribution in [1.82, 2.24) is 19.4 Å². The zero-order chi connectivity index (χ0) is 31.1. The van der Waals surface area contributed by atoms with Crippen LogP contribution in [0.25, 0.3) is 0 Å². The maximum absolute atomic E-state index is 13.6. The molecule has 10 heteroatoms. The molecule has 10 nitrogen and oxygen atoms in total. The number of carbonyl (C=O) groups is 3. The lowest BCUT2D eigenvalue weighted by Gasteiger charge is -2.19. The second kappa shape index (κ2) is 14.2. The SMILES string of the molecule is Cc1cnc(CC(C)C)c2c1CC(Cn1c(C)ccc(CC(=O)[C@H](CC/C=C/C(=O)N(C)C)OC(=O)N(C)C)c1=O)=N2. The number of ether oxygens (including phenoxy) is 1. The van der Waals surface area contributed by atoms with E-state index in [0.717, 1.165) is 40.3 Å². The number of rotatable bonds is 12. The predicted octanol–water partition coefficient (Wildman–Crippen LogP) is 3.99. The monoisotopic (exact) mass is 577 g/mol. The van der Waals surface area contributed by atoms with E-state index in [-0.39, 0.29) is 30.1 Å². The van der Waals surface area contributed by atoms with E-state index in [9.17, 15) is 19.2 Å². The number of nitrogens with zero attached hydrogens (tertiary/aromatic N) is 5. The van der Waals surface area contributed by atoms with Crippen LogP contribution in [-0.4, -0.2) is 77.1 Å². The van der Waals surface area contributed by atoms with Crippen molar-refractivity contribution in [3.63, 3.8) is 0 Å². The number of hydrogen-bond donors (Lipinski definition) is 0. The van der Waals surface area contributed by atoms with Crippen molar-refractivity contribution in [2.45, 2.75) is 72.4 Å². The fourth-order valence-electron chi connectivity index (χ4n) is 4.68. The molecule has 0 unspecified atom stereocenters. The summed E-state index contributed by atoms with van der Waals surface area (Å²) in [6, 6.07) is 3.48. The molecule has 2 amide bonds. The Morgan fingerprint density at radius 3 is 2.45 bits per heavy atom. The number of ketones is 1. The first-order valence-electron chi connectivity index (χ1n) is 14.3. The van der Waals surface area contributed by atoms with E-state index in [1.807, 2.05) is 26.1 Å². The number of carbonyl (C=O) groups excluding carboxylic acids is 3. The lowest BCUT2D eigenvalue weighted by molar-refractivity contribution is -0.127. The fourth-order valence-corrected chi connectivity index (χ4v) is 4.68. The second-order valence-electron chi connectivity index (χ2n) is 11.7. The Bertz CT molecular complexity index is 1450. The van der Waals surface area contributed by atoms with Crippen LogP contribution in [0.2, 0.25) is 0 Å². The van der Waals surface area contributed by atoms with E-state index in [4.69, 9.17) is 9.73 Å². The Labute approximate surface area is 248 Å². The van der Waals surface area contributed by atoms with Crippen LogP contribution in [0.15, 0.2) is 40.3 Å². The molecule has 0 aliphatic carbocycles. The minimum atomic E-state index is -1.06. The van der Waals surface area contributed by atoms with Gasteiger partial charge in [0.1, 0.15) is 0 Å². The quantitative estimate of drug-likeness (QED) is 0.353. The maximum atomic E-state index is 13.6. The Morgan fingerprint density at radius 1 is 1.10 bits per heavy atom. The number of fused-ring (bicyclic) bond motifs is 1. The van der Waals surface area contributed by atoms with Crippen molar-refractivity contribution in [3.05, 3.63) is 68.9 Å². The van der Waals surface area contributed by atoms with Gasteiger partial charge >= 0.3 is 6.09 Å². The third-order valence-electron chi connectivity index (χ3n) is 7.14. The summed E-state index contributed by atoms with van der Waals surface area (Å²) in [6.45, 7) is 8.50. The van der Waals surface area contributed by atoms with E-state index in [2.05, 4.69) is 18.8 Å². The Kier molecular flexibility index (Phi) is 11.0. The minimum Gasteiger partial charge on any atom is -0.438 e. The molecule has 0 spiro atoms. The molecule has 1 aliphatic rings. The highest BCUT2D eigenvalue weighted by atomic mass is 16.6. The standard InChI is InChI=1S/C32H43N5O5/c1-20(2)15-26-30-25(21(3)18-33-26)17-24(34-30)19-37-22(4)13-14-23(31(37)40)16-27(38)28(42-32(41)36(7)8)11-9-10-12-29(39)35(5)6/h10,12-14,18,20,28H,9,11,15-17,19H2,1-8H3/b12-10+/t28-/m0/s1. The molecule has 0 saturated heterocycles. The van der Waals surface area contributed by atoms with Gasteiger partial charge in [-0.1, -0.05) is 26.0 Å². The molecule has 1 aliphatic heterocycles. The summed E-state index contributed by atoms with van der Waals surface area (Å²) in [4.78, 5) is 63.3. The minimum absolute atomic E-state index is 0.180. The van der Waals surface area contributed by atoms with Gasteiger partial charge in [0.05, 0.1) is 17.9 Å². The zero-order valence-electron chi connectivity index (χ0n) is 26.1. The van der Waals surface area contributed by atoms with Gasteiger partial charge in [-0.25, -0.2) is 4.79 Å². The third kappa shape index (κ3) is 8.24. The van der Waals surface area contributed by atoms with E-state index < -0.39 is 12.2 Å². The lowest BCUT2D eigenvalue weighted by atomic mass is 10.0. The molecule has 42 heavy (non-hydrogen) atoms. The lowest BCUT2D eigenvalue weighted by Crippen LogP contribution is -2.35. The molecular weight excluding hydrogens is 534 g/mol. The maximum Gasteiger partial charge on any atom is 0.409 e. The molecule has 2 aromatic rings. The van der Waals surface area contributed by atoms with Crippen LogP contribution in [0.1, 0.15) is 54.8 Å². The second-order valence-corrected chi connectivity index (χ2v) is 11.7. The van der Waals surface area contributed by atoms with Crippen LogP contribution in [0, 0.1) is 19.8 Å². The molecule has 0 bridgehead atoms. The molecule has 3 heterocycles. The normalized spacial score (nSPS) is 13.2. The first-order valence-corrected chi connectivity index (χ1v) is 14.3. The summed E-state index contributed by atoms with van der Waals surface area (Å²) in [6.07, 6.45) is 5.09. The van der Waals surface area contributed by atoms with Gasteiger partial charge in [-0.15, -0.1) is 0 Å². The van der Waals surface area contributed by atoms with Crippen molar-refractivity contribution in [3.8, 4) is 0 Å². The van der Waals surface area contributed by atoms with Crippen LogP contribution in [-0.2, 0) is 40.1 Å². The van der Waals surface area contributed by atoms with Gasteiger partial charge in [0, 0.05) is 64.2 Å². The number of hydrogen-bond acceptors (Lipinski definition) is 7. The number of Topliss-reactive ketones (excluding diaryl/α,β-unsaturated/α-hetero) is 1. The summed E-state index contributed by atoms with van der Waals surface area (Å²) in [5.41, 5.74) is 5.82. The van der Waals surface area contributed by atoms with Crippen LogP contribution in [0.5, 0.6) is 0 Å². The van der Waals surface area contributed by atoms with Gasteiger partial charge in [-0.3, -0.25) is 24.4 Å². The average Bonchev–Trinajstić information content (AvgIpc) is 3.36. The molecule has 226 valence electrons. The number of allylic oxidation sites excluding steroid dienone is 1. The third-order valence-corrected chi connectivity index (χ3v) is 7.14. The molecule has 0 N–H and O–H groups in total. The Balaban J connectivity index is 1.81. The van der Waals surface area contributed by atoms with Gasteiger partial charge in [0.25, 0.3) is 5.56 Å².